The molecule has 3 rings (SSSR count). The van der Waals surface area contributed by atoms with Crippen LogP contribution in [0.15, 0.2) is 71.7 Å². The van der Waals surface area contributed by atoms with Crippen LogP contribution in [0.3, 0.4) is 0 Å². The summed E-state index contributed by atoms with van der Waals surface area (Å²) in [5, 5.41) is 16.4. The maximum absolute atomic E-state index is 14.4. The van der Waals surface area contributed by atoms with Crippen LogP contribution >= 0.6 is 0 Å². The van der Waals surface area contributed by atoms with E-state index in [0.29, 0.717) is 11.6 Å². The SMILES string of the molecule is C[C@@H](C/C=C\CNC(=O)OC(C)(C)C)N(C(=O)OC(C)(C)C)n1cc(C(=O)NCc2ccc(F)cc2F)c(=O)c(OCc2ccccc2)c1C(=O)O. The first-order valence-electron chi connectivity index (χ1n) is 16.3. The molecule has 0 saturated heterocycles. The molecule has 15 heteroatoms. The van der Waals surface area contributed by atoms with Gasteiger partial charge < -0.3 is 30.0 Å². The summed E-state index contributed by atoms with van der Waals surface area (Å²) in [7, 11) is 0. The zero-order chi connectivity index (χ0) is 38.8. The summed E-state index contributed by atoms with van der Waals surface area (Å²) < 4.78 is 45.2. The fourth-order valence-corrected chi connectivity index (χ4v) is 4.63. The fourth-order valence-electron chi connectivity index (χ4n) is 4.63. The molecule has 0 fully saturated rings. The topological polar surface area (TPSA) is 165 Å². The quantitative estimate of drug-likeness (QED) is 0.177. The van der Waals surface area contributed by atoms with E-state index in [4.69, 9.17) is 14.2 Å². The second kappa shape index (κ2) is 17.5. The van der Waals surface area contributed by atoms with Gasteiger partial charge in [0.15, 0.2) is 5.69 Å². The van der Waals surface area contributed by atoms with E-state index in [1.165, 1.54) is 0 Å². The lowest BCUT2D eigenvalue weighted by Crippen LogP contribution is -2.51. The number of carboxylic acids is 1. The van der Waals surface area contributed by atoms with Crippen molar-refractivity contribution in [3.8, 4) is 5.75 Å². The average molecular weight is 727 g/mol. The molecule has 0 saturated carbocycles. The number of aromatic carboxylic acids is 1. The van der Waals surface area contributed by atoms with E-state index in [2.05, 4.69) is 10.6 Å². The predicted molar refractivity (Wildman–Crippen MR) is 188 cm³/mol. The molecule has 1 aromatic heterocycles. The Labute approximate surface area is 300 Å². The summed E-state index contributed by atoms with van der Waals surface area (Å²) in [6.07, 6.45) is 2.49. The lowest BCUT2D eigenvalue weighted by atomic mass is 10.1. The van der Waals surface area contributed by atoms with Crippen LogP contribution in [0, 0.1) is 11.6 Å². The van der Waals surface area contributed by atoms with Crippen LogP contribution < -0.4 is 25.8 Å². The minimum absolute atomic E-state index is 0.0723. The summed E-state index contributed by atoms with van der Waals surface area (Å²) in [5.74, 6) is -5.25. The van der Waals surface area contributed by atoms with Crippen molar-refractivity contribution in [1.29, 1.82) is 0 Å². The van der Waals surface area contributed by atoms with Crippen LogP contribution in [0.4, 0.5) is 18.4 Å². The molecule has 52 heavy (non-hydrogen) atoms. The number of carbonyl (C=O) groups excluding carboxylic acids is 3. The third-order valence-corrected chi connectivity index (χ3v) is 6.91. The van der Waals surface area contributed by atoms with Gasteiger partial charge in [-0.05, 0) is 66.5 Å². The van der Waals surface area contributed by atoms with Gasteiger partial charge >= 0.3 is 18.2 Å². The first-order valence-corrected chi connectivity index (χ1v) is 16.3. The highest BCUT2D eigenvalue weighted by molar-refractivity contribution is 5.97. The minimum atomic E-state index is -1.67. The molecule has 0 unspecified atom stereocenters. The smallest absolute Gasteiger partial charge is 0.429 e. The molecule has 3 aromatic rings. The van der Waals surface area contributed by atoms with Crippen molar-refractivity contribution < 1.29 is 47.3 Å². The zero-order valence-corrected chi connectivity index (χ0v) is 30.1. The van der Waals surface area contributed by atoms with Gasteiger partial charge in [0.05, 0.1) is 6.04 Å². The molecule has 0 aliphatic carbocycles. The van der Waals surface area contributed by atoms with Gasteiger partial charge in [0.1, 0.15) is 35.0 Å². The van der Waals surface area contributed by atoms with E-state index in [1.807, 2.05) is 0 Å². The Morgan fingerprint density at radius 2 is 1.60 bits per heavy atom. The number of pyridine rings is 1. The summed E-state index contributed by atoms with van der Waals surface area (Å²) in [6.45, 7) is 10.9. The molecule has 3 N–H and O–H groups in total. The van der Waals surface area contributed by atoms with E-state index in [-0.39, 0.29) is 25.1 Å². The molecule has 0 spiro atoms. The predicted octanol–water partition coefficient (Wildman–Crippen LogP) is 6.07. The summed E-state index contributed by atoms with van der Waals surface area (Å²) in [6, 6.07) is 10.4. The molecule has 1 heterocycles. The van der Waals surface area contributed by atoms with Crippen molar-refractivity contribution in [2.24, 2.45) is 0 Å². The Morgan fingerprint density at radius 1 is 0.942 bits per heavy atom. The maximum Gasteiger partial charge on any atom is 0.429 e. The second-order valence-electron chi connectivity index (χ2n) is 13.7. The Hall–Kier alpha value is -5.73. The molecule has 0 aliphatic rings. The number of ether oxygens (including phenoxy) is 3. The third-order valence-electron chi connectivity index (χ3n) is 6.91. The largest absolute Gasteiger partial charge is 0.482 e. The van der Waals surface area contributed by atoms with Gasteiger partial charge in [-0.3, -0.25) is 9.59 Å². The number of benzene rings is 2. The Bertz CT molecular complexity index is 1850. The first-order chi connectivity index (χ1) is 24.3. The molecular formula is C37H44F2N4O9. The lowest BCUT2D eigenvalue weighted by molar-refractivity contribution is 0.0507. The number of carbonyl (C=O) groups is 4. The van der Waals surface area contributed by atoms with Gasteiger partial charge in [-0.1, -0.05) is 48.6 Å². The number of rotatable bonds is 13. The van der Waals surface area contributed by atoms with E-state index in [9.17, 15) is 37.9 Å². The van der Waals surface area contributed by atoms with Gasteiger partial charge in [0.25, 0.3) is 5.91 Å². The molecule has 2 aromatic carbocycles. The van der Waals surface area contributed by atoms with E-state index < -0.39 is 81.9 Å². The number of aromatic nitrogens is 1. The van der Waals surface area contributed by atoms with E-state index in [1.54, 1.807) is 91.0 Å². The first kappa shape index (κ1) is 40.7. The Balaban J connectivity index is 2.11. The Kier molecular flexibility index (Phi) is 13.7. The number of hydrogen-bond acceptors (Lipinski definition) is 8. The summed E-state index contributed by atoms with van der Waals surface area (Å²) in [4.78, 5) is 66.1. The van der Waals surface area contributed by atoms with Gasteiger partial charge in [-0.15, -0.1) is 0 Å². The molecule has 280 valence electrons. The van der Waals surface area contributed by atoms with Crippen LogP contribution in [0.25, 0.3) is 0 Å². The van der Waals surface area contributed by atoms with Crippen LogP contribution in [0.2, 0.25) is 0 Å². The molecule has 0 radical (unpaired) electrons. The van der Waals surface area contributed by atoms with Crippen molar-refractivity contribution in [2.75, 3.05) is 11.6 Å². The standard InChI is InChI=1S/C37H44F2N4O9/c1-23(13-11-12-18-40-34(48)51-36(2,3)4)43(35(49)52-37(5,6)7)42-21-27(32(45)41-20-25-16-17-26(38)19-28(25)39)30(44)31(29(42)33(46)47)50-22-24-14-9-8-10-15-24/h8-12,14-17,19,21,23H,13,18,20,22H2,1-7H3,(H,40,48)(H,41,45)(H,46,47)/b12-11-/t23-/m0/s1. The average Bonchev–Trinajstić information content (AvgIpc) is 3.02. The van der Waals surface area contributed by atoms with E-state index >= 15 is 0 Å². The number of nitrogens with one attached hydrogen (secondary N) is 2. The van der Waals surface area contributed by atoms with Crippen LogP contribution in [-0.2, 0) is 22.6 Å². The second-order valence-corrected chi connectivity index (χ2v) is 13.7. The van der Waals surface area contributed by atoms with Crippen LogP contribution in [-0.4, -0.2) is 57.6 Å². The number of nitrogens with zero attached hydrogens (tertiary/aromatic N) is 2. The van der Waals surface area contributed by atoms with Gasteiger partial charge in [-0.25, -0.2) is 32.8 Å². The highest BCUT2D eigenvalue weighted by atomic mass is 19.1. The van der Waals surface area contributed by atoms with Crippen molar-refractivity contribution in [3.05, 3.63) is 111 Å². The van der Waals surface area contributed by atoms with Crippen LogP contribution in [0.1, 0.15) is 86.9 Å². The normalized spacial score (nSPS) is 12.2. The van der Waals surface area contributed by atoms with Gasteiger partial charge in [-0.2, -0.15) is 0 Å². The molecule has 0 aliphatic heterocycles. The monoisotopic (exact) mass is 726 g/mol. The summed E-state index contributed by atoms with van der Waals surface area (Å²) in [5.41, 5.74) is -3.83. The highest BCUT2D eigenvalue weighted by Gasteiger charge is 2.34. The van der Waals surface area contributed by atoms with Crippen molar-refractivity contribution in [1.82, 2.24) is 15.3 Å². The highest BCUT2D eigenvalue weighted by Crippen LogP contribution is 2.22. The number of halogens is 2. The molecular weight excluding hydrogens is 682 g/mol. The van der Waals surface area contributed by atoms with Gasteiger partial charge in [0.2, 0.25) is 11.2 Å². The fraction of sp³-hybridized carbons (Fsp3) is 0.378. The summed E-state index contributed by atoms with van der Waals surface area (Å²) >= 11 is 0. The number of hydrogen-bond donors (Lipinski definition) is 3. The number of alkyl carbamates (subject to hydrolysis) is 1. The minimum Gasteiger partial charge on any atom is -0.482 e. The van der Waals surface area contributed by atoms with Crippen LogP contribution in [0.5, 0.6) is 5.75 Å². The van der Waals surface area contributed by atoms with Crippen molar-refractivity contribution in [3.63, 3.8) is 0 Å². The molecule has 3 amide bonds. The van der Waals surface area contributed by atoms with Crippen molar-refractivity contribution in [2.45, 2.75) is 85.3 Å². The number of amides is 3. The maximum atomic E-state index is 14.4. The molecule has 13 nitrogen and oxygen atoms in total. The van der Waals surface area contributed by atoms with Gasteiger partial charge in [0, 0.05) is 30.9 Å². The Morgan fingerprint density at radius 3 is 2.19 bits per heavy atom. The number of carboxylic acid groups (broad SMARTS) is 1. The zero-order valence-electron chi connectivity index (χ0n) is 30.1. The molecule has 1 atom stereocenters. The van der Waals surface area contributed by atoms with E-state index in [0.717, 1.165) is 28.0 Å². The molecule has 0 bridgehead atoms. The third kappa shape index (κ3) is 12.0. The lowest BCUT2D eigenvalue weighted by Gasteiger charge is -2.34. The van der Waals surface area contributed by atoms with Crippen molar-refractivity contribution >= 4 is 24.1 Å².